The third kappa shape index (κ3) is 2.20. The van der Waals surface area contributed by atoms with Crippen LogP contribution < -0.4 is 19.7 Å². The van der Waals surface area contributed by atoms with Crippen LogP contribution in [-0.2, 0) is 9.59 Å². The Hall–Kier alpha value is -2.24. The van der Waals surface area contributed by atoms with Crippen molar-refractivity contribution in [3.05, 3.63) is 18.2 Å². The fourth-order valence-electron chi connectivity index (χ4n) is 2.63. The number of ether oxygens (including phenoxy) is 2. The first kappa shape index (κ1) is 13.7. The molecule has 0 radical (unpaired) electrons. The molecule has 1 aromatic carbocycles. The number of benzene rings is 1. The van der Waals surface area contributed by atoms with Gasteiger partial charge >= 0.3 is 0 Å². The summed E-state index contributed by atoms with van der Waals surface area (Å²) in [7, 11) is 0. The highest BCUT2D eigenvalue weighted by Crippen LogP contribution is 2.36. The van der Waals surface area contributed by atoms with Crippen LogP contribution in [0.2, 0.25) is 0 Å². The van der Waals surface area contributed by atoms with Crippen LogP contribution in [0, 0.1) is 5.92 Å². The molecule has 0 saturated carbocycles. The standard InChI is InChI=1S/C15H18N2O4/c1-8(2)13-15(19)17(9(3)14(18)16-13)10-4-5-11-12(6-10)21-7-20-11/h4-6,8-9,13H,7H2,1-3H3,(H,16,18). The second-order valence-electron chi connectivity index (χ2n) is 5.65. The summed E-state index contributed by atoms with van der Waals surface area (Å²) in [5.74, 6) is 1.03. The van der Waals surface area contributed by atoms with E-state index in [-0.39, 0.29) is 24.5 Å². The largest absolute Gasteiger partial charge is 0.454 e. The number of nitrogens with one attached hydrogen (secondary N) is 1. The van der Waals surface area contributed by atoms with Gasteiger partial charge in [-0.3, -0.25) is 14.5 Å². The van der Waals surface area contributed by atoms with Crippen LogP contribution in [0.25, 0.3) is 0 Å². The number of piperazine rings is 1. The van der Waals surface area contributed by atoms with Crippen molar-refractivity contribution in [3.8, 4) is 11.5 Å². The number of fused-ring (bicyclic) bond motifs is 1. The van der Waals surface area contributed by atoms with E-state index < -0.39 is 12.1 Å². The highest BCUT2D eigenvalue weighted by molar-refractivity contribution is 6.08. The molecule has 2 aliphatic rings. The van der Waals surface area contributed by atoms with Gasteiger partial charge in [0, 0.05) is 11.8 Å². The molecule has 2 amide bonds. The highest BCUT2D eigenvalue weighted by atomic mass is 16.7. The summed E-state index contributed by atoms with van der Waals surface area (Å²) in [5.41, 5.74) is 0.650. The van der Waals surface area contributed by atoms with Crippen molar-refractivity contribution in [3.63, 3.8) is 0 Å². The van der Waals surface area contributed by atoms with Crippen molar-refractivity contribution in [2.75, 3.05) is 11.7 Å². The number of carbonyl (C=O) groups is 2. The number of hydrogen-bond acceptors (Lipinski definition) is 4. The molecule has 1 N–H and O–H groups in total. The van der Waals surface area contributed by atoms with Crippen LogP contribution in [0.1, 0.15) is 20.8 Å². The van der Waals surface area contributed by atoms with Crippen molar-refractivity contribution < 1.29 is 19.1 Å². The lowest BCUT2D eigenvalue weighted by atomic mass is 9.97. The molecule has 21 heavy (non-hydrogen) atoms. The molecule has 0 aromatic heterocycles. The zero-order valence-electron chi connectivity index (χ0n) is 12.3. The summed E-state index contributed by atoms with van der Waals surface area (Å²) in [5, 5.41) is 2.78. The van der Waals surface area contributed by atoms with Gasteiger partial charge in [0.25, 0.3) is 5.91 Å². The van der Waals surface area contributed by atoms with Crippen molar-refractivity contribution in [1.82, 2.24) is 5.32 Å². The number of hydrogen-bond donors (Lipinski definition) is 1. The first-order valence-electron chi connectivity index (χ1n) is 7.02. The SMILES string of the molecule is CC(C)C1NC(=O)C(C)N(c2ccc3c(c2)OCO3)C1=O. The first-order valence-corrected chi connectivity index (χ1v) is 7.02. The molecular weight excluding hydrogens is 272 g/mol. The number of amides is 2. The summed E-state index contributed by atoms with van der Waals surface area (Å²) < 4.78 is 10.6. The van der Waals surface area contributed by atoms with Gasteiger partial charge in [-0.25, -0.2) is 0 Å². The smallest absolute Gasteiger partial charge is 0.250 e. The Morgan fingerprint density at radius 2 is 1.95 bits per heavy atom. The Morgan fingerprint density at radius 3 is 2.67 bits per heavy atom. The second kappa shape index (κ2) is 4.95. The number of nitrogens with zero attached hydrogens (tertiary/aromatic N) is 1. The van der Waals surface area contributed by atoms with Gasteiger partial charge in [0.1, 0.15) is 12.1 Å². The lowest BCUT2D eigenvalue weighted by Crippen LogP contribution is -2.64. The van der Waals surface area contributed by atoms with E-state index in [0.29, 0.717) is 17.2 Å². The molecule has 1 saturated heterocycles. The van der Waals surface area contributed by atoms with E-state index in [1.807, 2.05) is 13.8 Å². The molecule has 3 rings (SSSR count). The van der Waals surface area contributed by atoms with E-state index in [0.717, 1.165) is 0 Å². The van der Waals surface area contributed by atoms with Crippen LogP contribution >= 0.6 is 0 Å². The molecule has 0 spiro atoms. The summed E-state index contributed by atoms with van der Waals surface area (Å²) in [6.45, 7) is 5.72. The Bertz CT molecular complexity index is 599. The summed E-state index contributed by atoms with van der Waals surface area (Å²) in [6, 6.07) is 4.23. The third-order valence-electron chi connectivity index (χ3n) is 3.87. The van der Waals surface area contributed by atoms with Gasteiger partial charge in [0.2, 0.25) is 12.7 Å². The summed E-state index contributed by atoms with van der Waals surface area (Å²) in [6.07, 6.45) is 0. The highest BCUT2D eigenvalue weighted by Gasteiger charge is 2.40. The average molecular weight is 290 g/mol. The van der Waals surface area contributed by atoms with Crippen molar-refractivity contribution >= 4 is 17.5 Å². The predicted octanol–water partition coefficient (Wildman–Crippen LogP) is 1.29. The quantitative estimate of drug-likeness (QED) is 0.891. The van der Waals surface area contributed by atoms with Crippen LogP contribution in [0.5, 0.6) is 11.5 Å². The lowest BCUT2D eigenvalue weighted by Gasteiger charge is -2.38. The minimum atomic E-state index is -0.548. The summed E-state index contributed by atoms with van der Waals surface area (Å²) >= 11 is 0. The van der Waals surface area contributed by atoms with Gasteiger partial charge in [-0.2, -0.15) is 0 Å². The Morgan fingerprint density at radius 1 is 1.24 bits per heavy atom. The molecule has 2 atom stereocenters. The maximum atomic E-state index is 12.7. The van der Waals surface area contributed by atoms with E-state index in [2.05, 4.69) is 5.32 Å². The maximum Gasteiger partial charge on any atom is 0.250 e. The fraction of sp³-hybridized carbons (Fsp3) is 0.467. The third-order valence-corrected chi connectivity index (χ3v) is 3.87. The van der Waals surface area contributed by atoms with E-state index >= 15 is 0 Å². The lowest BCUT2D eigenvalue weighted by molar-refractivity contribution is -0.134. The van der Waals surface area contributed by atoms with Crippen molar-refractivity contribution in [1.29, 1.82) is 0 Å². The van der Waals surface area contributed by atoms with Crippen LogP contribution in [-0.4, -0.2) is 30.7 Å². The molecule has 0 aliphatic carbocycles. The molecule has 112 valence electrons. The average Bonchev–Trinajstić information content (AvgIpc) is 2.90. The van der Waals surface area contributed by atoms with Crippen molar-refractivity contribution in [2.24, 2.45) is 5.92 Å². The fourth-order valence-corrected chi connectivity index (χ4v) is 2.63. The van der Waals surface area contributed by atoms with Crippen LogP contribution in [0.15, 0.2) is 18.2 Å². The van der Waals surface area contributed by atoms with E-state index in [1.165, 1.54) is 4.90 Å². The minimum absolute atomic E-state index is 0.0328. The van der Waals surface area contributed by atoms with Gasteiger partial charge < -0.3 is 14.8 Å². The van der Waals surface area contributed by atoms with Gasteiger partial charge in [-0.05, 0) is 25.0 Å². The molecule has 2 heterocycles. The maximum absolute atomic E-state index is 12.7. The normalized spacial score (nSPS) is 24.5. The van der Waals surface area contributed by atoms with E-state index in [9.17, 15) is 9.59 Å². The Balaban J connectivity index is 1.98. The van der Waals surface area contributed by atoms with Crippen molar-refractivity contribution in [2.45, 2.75) is 32.9 Å². The monoisotopic (exact) mass is 290 g/mol. The zero-order chi connectivity index (χ0) is 15.1. The van der Waals surface area contributed by atoms with Crippen LogP contribution in [0.3, 0.4) is 0 Å². The minimum Gasteiger partial charge on any atom is -0.454 e. The van der Waals surface area contributed by atoms with Gasteiger partial charge in [0.15, 0.2) is 11.5 Å². The molecular formula is C15H18N2O4. The number of carbonyl (C=O) groups excluding carboxylic acids is 2. The van der Waals surface area contributed by atoms with Gasteiger partial charge in [0.05, 0.1) is 0 Å². The zero-order valence-corrected chi connectivity index (χ0v) is 12.3. The molecule has 6 heteroatoms. The summed E-state index contributed by atoms with van der Waals surface area (Å²) in [4.78, 5) is 26.3. The molecule has 1 fully saturated rings. The number of rotatable bonds is 2. The molecule has 2 unspecified atom stereocenters. The Labute approximate surface area is 123 Å². The topological polar surface area (TPSA) is 67.9 Å². The van der Waals surface area contributed by atoms with Crippen LogP contribution in [0.4, 0.5) is 5.69 Å². The molecule has 6 nitrogen and oxygen atoms in total. The molecule has 0 bridgehead atoms. The van der Waals surface area contributed by atoms with Gasteiger partial charge in [-0.1, -0.05) is 13.8 Å². The van der Waals surface area contributed by atoms with E-state index in [4.69, 9.17) is 9.47 Å². The predicted molar refractivity (Wildman–Crippen MR) is 76.3 cm³/mol. The van der Waals surface area contributed by atoms with E-state index in [1.54, 1.807) is 25.1 Å². The number of anilines is 1. The van der Waals surface area contributed by atoms with Gasteiger partial charge in [-0.15, -0.1) is 0 Å². The second-order valence-corrected chi connectivity index (χ2v) is 5.65. The molecule has 2 aliphatic heterocycles. The Kier molecular flexibility index (Phi) is 3.23. The molecule has 1 aromatic rings. The first-order chi connectivity index (χ1) is 9.99.